The Bertz CT molecular complexity index is 11.6. The molecule has 0 aromatic rings. The summed E-state index contributed by atoms with van der Waals surface area (Å²) in [7, 11) is 0. The number of hydrogen-bond acceptors (Lipinski definition) is 1. The summed E-state index contributed by atoms with van der Waals surface area (Å²) in [6.07, 6.45) is 0. The van der Waals surface area contributed by atoms with Gasteiger partial charge in [-0.2, -0.15) is 0 Å². The molecule has 0 aromatic heterocycles. The lowest BCUT2D eigenvalue weighted by atomic mass is 10.8. The third kappa shape index (κ3) is 500. The molecule has 0 rings (SSSR count). The Labute approximate surface area is 39.5 Å². The molecule has 0 fully saturated rings. The van der Waals surface area contributed by atoms with Crippen LogP contribution >= 0.6 is 0 Å². The largest absolute Gasteiger partial charge is 0.412 e. The minimum Gasteiger partial charge on any atom is -0.412 e. The maximum atomic E-state index is 0. The third-order valence-electron chi connectivity index (χ3n) is 0. The smallest absolute Gasteiger partial charge is 0 e. The normalized spacial score (nSPS) is 0. The van der Waals surface area contributed by atoms with Crippen molar-refractivity contribution in [3.8, 4) is 0 Å². The van der Waals surface area contributed by atoms with E-state index in [0.29, 0.717) is 0 Å². The molecule has 4 heteroatoms. The molecule has 0 aromatic carbocycles. The Balaban J connectivity index is 0. The molecule has 0 aliphatic heterocycles. The molecule has 7 radical (unpaired) electrons. The SMILES string of the molecule is C.N.O.[B].[Si]. The van der Waals surface area contributed by atoms with Crippen LogP contribution in [0.1, 0.15) is 7.43 Å². The van der Waals surface area contributed by atoms with Crippen molar-refractivity contribution in [2.45, 2.75) is 7.43 Å². The molecule has 0 aliphatic rings. The van der Waals surface area contributed by atoms with E-state index in [1.54, 1.807) is 0 Å². The Hall–Kier alpha value is 0.202. The van der Waals surface area contributed by atoms with Gasteiger partial charge in [-0.1, -0.05) is 7.43 Å². The summed E-state index contributed by atoms with van der Waals surface area (Å²) in [5.74, 6) is 0. The minimum atomic E-state index is 0. The molecule has 31 valence electrons. The van der Waals surface area contributed by atoms with Crippen LogP contribution in [0.3, 0.4) is 0 Å². The summed E-state index contributed by atoms with van der Waals surface area (Å²) in [6.45, 7) is 0. The molecular formula is CH9BNOSi. The van der Waals surface area contributed by atoms with E-state index in [-0.39, 0.29) is 38.4 Å². The van der Waals surface area contributed by atoms with E-state index in [4.69, 9.17) is 0 Å². The first kappa shape index (κ1) is 2250. The van der Waals surface area contributed by atoms with Crippen LogP contribution in [0.15, 0.2) is 0 Å². The molecule has 0 bridgehead atoms. The molecule has 0 amide bonds. The van der Waals surface area contributed by atoms with Gasteiger partial charge >= 0.3 is 0 Å². The van der Waals surface area contributed by atoms with Crippen LogP contribution in [-0.4, -0.2) is 24.9 Å². The molecule has 0 saturated heterocycles. The van der Waals surface area contributed by atoms with Crippen LogP contribution in [0.5, 0.6) is 0 Å². The fourth-order valence-electron chi connectivity index (χ4n) is 0. The fraction of sp³-hybridized carbons (Fsp3) is 1.00. The fourth-order valence-corrected chi connectivity index (χ4v) is 0. The van der Waals surface area contributed by atoms with E-state index in [2.05, 4.69) is 0 Å². The van der Waals surface area contributed by atoms with Crippen molar-refractivity contribution < 1.29 is 5.48 Å². The number of hydrogen-bond donors (Lipinski definition) is 1. The van der Waals surface area contributed by atoms with Gasteiger partial charge in [0.15, 0.2) is 0 Å². The van der Waals surface area contributed by atoms with Crippen molar-refractivity contribution in [1.29, 1.82) is 0 Å². The highest BCUT2D eigenvalue weighted by Gasteiger charge is 0.00104. The van der Waals surface area contributed by atoms with Crippen LogP contribution in [0.25, 0.3) is 0 Å². The number of rotatable bonds is 0. The Kier molecular flexibility index (Phi) is 477000. The predicted molar refractivity (Wildman–Crippen MR) is 26.9 cm³/mol. The van der Waals surface area contributed by atoms with Gasteiger partial charge in [0, 0.05) is 19.4 Å². The van der Waals surface area contributed by atoms with Gasteiger partial charge in [0.05, 0.1) is 0 Å². The Morgan fingerprint density at radius 2 is 1.00 bits per heavy atom. The molecule has 0 atom stereocenters. The second-order valence-electron chi connectivity index (χ2n) is 0. The van der Waals surface area contributed by atoms with Crippen molar-refractivity contribution in [2.75, 3.05) is 0 Å². The standard InChI is InChI=1S/CH4.B.H3N.H2O.Si/h1H4;;1H3;1H2;. The van der Waals surface area contributed by atoms with E-state index in [1.165, 1.54) is 0 Å². The van der Waals surface area contributed by atoms with Crippen molar-refractivity contribution in [3.63, 3.8) is 0 Å². The van der Waals surface area contributed by atoms with Crippen molar-refractivity contribution in [2.24, 2.45) is 0 Å². The van der Waals surface area contributed by atoms with Gasteiger partial charge in [-0.15, -0.1) is 0 Å². The van der Waals surface area contributed by atoms with Gasteiger partial charge < -0.3 is 11.6 Å². The predicted octanol–water partition coefficient (Wildman–Crippen LogP) is -0.788. The van der Waals surface area contributed by atoms with E-state index < -0.39 is 0 Å². The average molecular weight is 90.0 g/mol. The average Bonchev–Trinajstić information content (AvgIpc) is 0. The second kappa shape index (κ2) is 1060. The molecule has 2 nitrogen and oxygen atoms in total. The summed E-state index contributed by atoms with van der Waals surface area (Å²) >= 11 is 0. The van der Waals surface area contributed by atoms with E-state index in [9.17, 15) is 0 Å². The zero-order valence-corrected chi connectivity index (χ0v) is 3.28. The van der Waals surface area contributed by atoms with Gasteiger partial charge in [0.2, 0.25) is 0 Å². The van der Waals surface area contributed by atoms with Crippen molar-refractivity contribution >= 4 is 19.4 Å². The van der Waals surface area contributed by atoms with Crippen LogP contribution in [0.4, 0.5) is 0 Å². The first-order valence-corrected chi connectivity index (χ1v) is 0. The van der Waals surface area contributed by atoms with Gasteiger partial charge in [0.1, 0.15) is 0 Å². The second-order valence-corrected chi connectivity index (χ2v) is 0. The quantitative estimate of drug-likeness (QED) is 0.389. The Morgan fingerprint density at radius 3 is 1.00 bits per heavy atom. The first-order valence-electron chi connectivity index (χ1n) is 0. The summed E-state index contributed by atoms with van der Waals surface area (Å²) in [5.41, 5.74) is 0. The zero-order valence-electron chi connectivity index (χ0n) is 2.28. The van der Waals surface area contributed by atoms with Crippen LogP contribution < -0.4 is 6.15 Å². The summed E-state index contributed by atoms with van der Waals surface area (Å²) in [4.78, 5) is 0. The van der Waals surface area contributed by atoms with E-state index >= 15 is 0 Å². The first-order chi connectivity index (χ1) is 0. The minimum absolute atomic E-state index is 0. The molecule has 5 heavy (non-hydrogen) atoms. The van der Waals surface area contributed by atoms with Crippen molar-refractivity contribution in [1.82, 2.24) is 6.15 Å². The lowest BCUT2D eigenvalue weighted by Crippen LogP contribution is -0.481. The van der Waals surface area contributed by atoms with Crippen LogP contribution in [0, 0.1) is 0 Å². The van der Waals surface area contributed by atoms with Gasteiger partial charge in [-0.25, -0.2) is 0 Å². The zero-order chi connectivity index (χ0) is 0. The molecule has 0 spiro atoms. The topological polar surface area (TPSA) is 66.5 Å². The summed E-state index contributed by atoms with van der Waals surface area (Å²) in [6, 6.07) is 0. The molecule has 0 unspecified atom stereocenters. The molecule has 0 heterocycles. The molecule has 0 saturated carbocycles. The van der Waals surface area contributed by atoms with Crippen LogP contribution in [-0.2, 0) is 0 Å². The summed E-state index contributed by atoms with van der Waals surface area (Å²) < 4.78 is 0. The van der Waals surface area contributed by atoms with Crippen LogP contribution in [0.2, 0.25) is 0 Å². The monoisotopic (exact) mass is 90.1 g/mol. The highest BCUT2D eigenvalue weighted by atomic mass is 28.1. The lowest BCUT2D eigenvalue weighted by molar-refractivity contribution is 0.824. The van der Waals surface area contributed by atoms with E-state index in [0.717, 1.165) is 0 Å². The van der Waals surface area contributed by atoms with E-state index in [1.807, 2.05) is 0 Å². The Morgan fingerprint density at radius 1 is 1.00 bits per heavy atom. The molecular weight excluding hydrogens is 80.9 g/mol. The third-order valence-corrected chi connectivity index (χ3v) is 0. The lowest BCUT2D eigenvalue weighted by Gasteiger charge is -0.412. The van der Waals surface area contributed by atoms with Crippen molar-refractivity contribution in [3.05, 3.63) is 0 Å². The van der Waals surface area contributed by atoms with Gasteiger partial charge in [0.25, 0.3) is 0 Å². The summed E-state index contributed by atoms with van der Waals surface area (Å²) in [5, 5.41) is 0. The maximum Gasteiger partial charge on any atom is 0 e. The highest BCUT2D eigenvalue weighted by Crippen LogP contribution is 0.144. The highest BCUT2D eigenvalue weighted by molar-refractivity contribution is 5.76. The van der Waals surface area contributed by atoms with Gasteiger partial charge in [-0.05, 0) is 0 Å². The molecule has 5 N–H and O–H groups in total. The molecule has 0 aliphatic carbocycles. The maximum absolute atomic E-state index is 0. The van der Waals surface area contributed by atoms with Gasteiger partial charge in [-0.3, -0.25) is 0 Å².